The molecule has 0 fully saturated rings. The average Bonchev–Trinajstić information content (AvgIpc) is 3.25. The van der Waals surface area contributed by atoms with Crippen LogP contribution in [0.4, 0.5) is 0 Å². The first-order valence-electron chi connectivity index (χ1n) is 26.3. The van der Waals surface area contributed by atoms with Gasteiger partial charge in [0.15, 0.2) is 0 Å². The first-order chi connectivity index (χ1) is 29.5. The Kier molecular flexibility index (Phi) is 48.1. The maximum atomic E-state index is 12.4. The van der Waals surface area contributed by atoms with E-state index in [1.165, 1.54) is 161 Å². The van der Waals surface area contributed by atoms with Crippen molar-refractivity contribution in [1.82, 2.24) is 5.32 Å². The maximum absolute atomic E-state index is 12.4. The van der Waals surface area contributed by atoms with Gasteiger partial charge in [-0.3, -0.25) is 9.59 Å². The van der Waals surface area contributed by atoms with Gasteiger partial charge in [-0.25, -0.2) is 0 Å². The molecule has 0 aliphatic heterocycles. The highest BCUT2D eigenvalue weighted by molar-refractivity contribution is 5.76. The third kappa shape index (κ3) is 45.6. The van der Waals surface area contributed by atoms with E-state index in [-0.39, 0.29) is 18.5 Å². The van der Waals surface area contributed by atoms with Gasteiger partial charge in [0.2, 0.25) is 5.91 Å². The van der Waals surface area contributed by atoms with Crippen LogP contribution in [-0.2, 0) is 14.3 Å². The quantitative estimate of drug-likeness (QED) is 0.0322. The number of unbranched alkanes of at least 4 members (excludes halogenated alkanes) is 33. The Morgan fingerprint density at radius 2 is 0.783 bits per heavy atom. The highest BCUT2D eigenvalue weighted by Gasteiger charge is 2.18. The molecule has 2 atom stereocenters. The van der Waals surface area contributed by atoms with E-state index < -0.39 is 12.1 Å². The lowest BCUT2D eigenvalue weighted by Crippen LogP contribution is -2.45. The number of rotatable bonds is 48. The minimum atomic E-state index is -0.861. The van der Waals surface area contributed by atoms with Crippen molar-refractivity contribution < 1.29 is 24.5 Å². The number of hydrogen-bond acceptors (Lipinski definition) is 5. The van der Waals surface area contributed by atoms with E-state index in [1.54, 1.807) is 6.08 Å². The van der Waals surface area contributed by atoms with Gasteiger partial charge < -0.3 is 20.3 Å². The summed E-state index contributed by atoms with van der Waals surface area (Å²) in [5.74, 6) is -0.128. The second-order valence-corrected chi connectivity index (χ2v) is 17.8. The predicted octanol–water partition coefficient (Wildman–Crippen LogP) is 15.7. The normalized spacial score (nSPS) is 12.9. The van der Waals surface area contributed by atoms with Crippen molar-refractivity contribution in [1.29, 1.82) is 0 Å². The summed E-state index contributed by atoms with van der Waals surface area (Å²) < 4.78 is 5.43. The van der Waals surface area contributed by atoms with Crippen LogP contribution in [0.1, 0.15) is 271 Å². The molecule has 0 aromatic carbocycles. The first-order valence-corrected chi connectivity index (χ1v) is 26.3. The standard InChI is InChI=1S/C54H101NO5/c1-3-5-7-9-11-13-15-17-18-19-20-21-23-26-30-34-38-42-46-52(57)51(50-56)55-53(58)47-43-39-35-31-27-24-25-29-33-37-41-45-49-60-54(59)48-44-40-36-32-28-22-16-14-12-10-8-6-4-2/h14,16,25,29,42,46,51-52,56-57H,3-13,15,17-24,26-28,30-41,43-45,47-50H2,1-2H3,(H,55,58)/b16-14-,29-25-,46-42+. The maximum Gasteiger partial charge on any atom is 0.305 e. The summed E-state index contributed by atoms with van der Waals surface area (Å²) in [6, 6.07) is -0.647. The molecule has 6 nitrogen and oxygen atoms in total. The fourth-order valence-corrected chi connectivity index (χ4v) is 7.80. The van der Waals surface area contributed by atoms with E-state index in [2.05, 4.69) is 43.5 Å². The molecule has 3 N–H and O–H groups in total. The number of hydrogen-bond donors (Lipinski definition) is 3. The number of esters is 1. The van der Waals surface area contributed by atoms with Crippen LogP contribution in [0.3, 0.4) is 0 Å². The van der Waals surface area contributed by atoms with Crippen LogP contribution in [0.15, 0.2) is 36.5 Å². The van der Waals surface area contributed by atoms with Gasteiger partial charge in [-0.2, -0.15) is 0 Å². The van der Waals surface area contributed by atoms with Gasteiger partial charge in [0.25, 0.3) is 0 Å². The van der Waals surface area contributed by atoms with Gasteiger partial charge >= 0.3 is 5.97 Å². The van der Waals surface area contributed by atoms with Crippen molar-refractivity contribution >= 4 is 11.9 Å². The van der Waals surface area contributed by atoms with Gasteiger partial charge in [0.1, 0.15) is 0 Å². The van der Waals surface area contributed by atoms with Crippen molar-refractivity contribution in [3.8, 4) is 0 Å². The molecule has 0 rings (SSSR count). The Labute approximate surface area is 373 Å². The zero-order valence-corrected chi connectivity index (χ0v) is 39.9. The second kappa shape index (κ2) is 49.7. The number of carbonyl (C=O) groups is 2. The summed E-state index contributed by atoms with van der Waals surface area (Å²) in [7, 11) is 0. The SMILES string of the molecule is CCCCCC/C=C\CCCCCCCC(=O)OCCCCC/C=C\CCCCCCCC(=O)NC(CO)C(O)/C=C/CCCCCCCCCCCCCCCCCC. The minimum absolute atomic E-state index is 0.0340. The van der Waals surface area contributed by atoms with Crippen LogP contribution in [0.25, 0.3) is 0 Å². The highest BCUT2D eigenvalue weighted by atomic mass is 16.5. The van der Waals surface area contributed by atoms with E-state index in [0.717, 1.165) is 83.5 Å². The summed E-state index contributed by atoms with van der Waals surface area (Å²) in [6.45, 7) is 4.82. The summed E-state index contributed by atoms with van der Waals surface area (Å²) in [6.07, 6.45) is 60.0. The van der Waals surface area contributed by atoms with Gasteiger partial charge in [-0.1, -0.05) is 204 Å². The molecule has 1 amide bonds. The van der Waals surface area contributed by atoms with Gasteiger partial charge in [0, 0.05) is 12.8 Å². The highest BCUT2D eigenvalue weighted by Crippen LogP contribution is 2.15. The Morgan fingerprint density at radius 1 is 0.450 bits per heavy atom. The lowest BCUT2D eigenvalue weighted by Gasteiger charge is -2.20. The van der Waals surface area contributed by atoms with E-state index in [9.17, 15) is 19.8 Å². The molecule has 2 unspecified atom stereocenters. The van der Waals surface area contributed by atoms with Crippen LogP contribution in [0.5, 0.6) is 0 Å². The Balaban J connectivity index is 3.56. The van der Waals surface area contributed by atoms with E-state index in [4.69, 9.17) is 4.74 Å². The van der Waals surface area contributed by atoms with Gasteiger partial charge in [-0.15, -0.1) is 0 Å². The molecule has 0 heterocycles. The van der Waals surface area contributed by atoms with E-state index in [0.29, 0.717) is 19.4 Å². The average molecular weight is 844 g/mol. The van der Waals surface area contributed by atoms with Crippen molar-refractivity contribution in [2.75, 3.05) is 13.2 Å². The van der Waals surface area contributed by atoms with Crippen LogP contribution in [-0.4, -0.2) is 47.4 Å². The third-order valence-corrected chi connectivity index (χ3v) is 11.9. The molecule has 0 saturated carbocycles. The Hall–Kier alpha value is -1.92. The first kappa shape index (κ1) is 58.1. The number of carbonyl (C=O) groups excluding carboxylic acids is 2. The molecule has 0 aliphatic carbocycles. The summed E-state index contributed by atoms with van der Waals surface area (Å²) >= 11 is 0. The largest absolute Gasteiger partial charge is 0.466 e. The molecule has 0 aromatic heterocycles. The molecule has 0 aromatic rings. The molecule has 352 valence electrons. The number of amides is 1. The molecule has 0 saturated heterocycles. The minimum Gasteiger partial charge on any atom is -0.466 e. The lowest BCUT2D eigenvalue weighted by molar-refractivity contribution is -0.143. The lowest BCUT2D eigenvalue weighted by atomic mass is 10.0. The predicted molar refractivity (Wildman–Crippen MR) is 259 cm³/mol. The van der Waals surface area contributed by atoms with Crippen LogP contribution >= 0.6 is 0 Å². The number of allylic oxidation sites excluding steroid dienone is 5. The number of nitrogens with one attached hydrogen (secondary N) is 1. The number of ether oxygens (including phenoxy) is 1. The molecule has 0 spiro atoms. The Bertz CT molecular complexity index is 977. The molecule has 0 radical (unpaired) electrons. The third-order valence-electron chi connectivity index (χ3n) is 11.9. The van der Waals surface area contributed by atoms with Crippen molar-refractivity contribution in [3.05, 3.63) is 36.5 Å². The summed E-state index contributed by atoms with van der Waals surface area (Å²) in [5, 5.41) is 23.1. The molecule has 0 aliphatic rings. The number of aliphatic hydroxyl groups is 2. The van der Waals surface area contributed by atoms with Gasteiger partial charge in [-0.05, 0) is 89.9 Å². The second-order valence-electron chi connectivity index (χ2n) is 17.8. The summed E-state index contributed by atoms with van der Waals surface area (Å²) in [5.41, 5.74) is 0. The van der Waals surface area contributed by atoms with E-state index in [1.807, 2.05) is 6.08 Å². The van der Waals surface area contributed by atoms with Crippen molar-refractivity contribution in [2.24, 2.45) is 0 Å². The topological polar surface area (TPSA) is 95.9 Å². The molecular formula is C54H101NO5. The molecule has 6 heteroatoms. The van der Waals surface area contributed by atoms with Crippen LogP contribution in [0, 0.1) is 0 Å². The number of aliphatic hydroxyl groups excluding tert-OH is 2. The van der Waals surface area contributed by atoms with Gasteiger partial charge in [0.05, 0.1) is 25.4 Å². The fraction of sp³-hybridized carbons (Fsp3) is 0.852. The van der Waals surface area contributed by atoms with Crippen molar-refractivity contribution in [3.63, 3.8) is 0 Å². The molecule has 60 heavy (non-hydrogen) atoms. The van der Waals surface area contributed by atoms with Crippen molar-refractivity contribution in [2.45, 2.75) is 283 Å². The van der Waals surface area contributed by atoms with E-state index >= 15 is 0 Å². The Morgan fingerprint density at radius 3 is 1.20 bits per heavy atom. The molecule has 0 bridgehead atoms. The fourth-order valence-electron chi connectivity index (χ4n) is 7.80. The van der Waals surface area contributed by atoms with Crippen LogP contribution in [0.2, 0.25) is 0 Å². The zero-order chi connectivity index (χ0) is 43.7. The smallest absolute Gasteiger partial charge is 0.305 e. The van der Waals surface area contributed by atoms with Crippen LogP contribution < -0.4 is 5.32 Å². The zero-order valence-electron chi connectivity index (χ0n) is 39.9. The molecular weight excluding hydrogens is 743 g/mol. The monoisotopic (exact) mass is 844 g/mol. The summed E-state index contributed by atoms with van der Waals surface area (Å²) in [4.78, 5) is 24.4.